The minimum atomic E-state index is -0.661. The van der Waals surface area contributed by atoms with E-state index in [-0.39, 0.29) is 6.01 Å². The van der Waals surface area contributed by atoms with Crippen LogP contribution in [0.2, 0.25) is 5.02 Å². The summed E-state index contributed by atoms with van der Waals surface area (Å²) in [5.74, 6) is 0. The summed E-state index contributed by atoms with van der Waals surface area (Å²) >= 11 is 9.38. The standard InChI is InChI=1S/C16H13BrClN5O2/c1-8-14(7-20-23(8)10-2-3-10)22-16(24)25-15-19-6-9-4-12(18)11(17)5-13(9)21-15/h4-7,10H,2-3H2,1H3,(H,22,24). The molecule has 2 aromatic heterocycles. The van der Waals surface area contributed by atoms with E-state index >= 15 is 0 Å². The van der Waals surface area contributed by atoms with Crippen molar-refractivity contribution >= 4 is 50.2 Å². The lowest BCUT2D eigenvalue weighted by Gasteiger charge is -2.07. The fourth-order valence-electron chi connectivity index (χ4n) is 2.51. The summed E-state index contributed by atoms with van der Waals surface area (Å²) in [6.07, 6.45) is 4.76. The highest BCUT2D eigenvalue weighted by Gasteiger charge is 2.27. The van der Waals surface area contributed by atoms with Crippen LogP contribution in [-0.4, -0.2) is 25.8 Å². The molecule has 9 heteroatoms. The molecule has 3 aromatic rings. The quantitative estimate of drug-likeness (QED) is 0.672. The summed E-state index contributed by atoms with van der Waals surface area (Å²) in [5, 5.41) is 8.28. The maximum Gasteiger partial charge on any atom is 0.419 e. The smallest absolute Gasteiger partial charge is 0.374 e. The minimum absolute atomic E-state index is 0.0357. The molecule has 1 amide bonds. The van der Waals surface area contributed by atoms with E-state index in [1.807, 2.05) is 11.6 Å². The Kier molecular flexibility index (Phi) is 4.09. The van der Waals surface area contributed by atoms with Crippen LogP contribution >= 0.6 is 27.5 Å². The van der Waals surface area contributed by atoms with Gasteiger partial charge in [0.15, 0.2) is 0 Å². The molecular formula is C16H13BrClN5O2. The van der Waals surface area contributed by atoms with E-state index in [2.05, 4.69) is 36.3 Å². The number of benzene rings is 1. The first kappa shape index (κ1) is 16.3. The van der Waals surface area contributed by atoms with Gasteiger partial charge in [-0.25, -0.2) is 9.78 Å². The lowest BCUT2D eigenvalue weighted by atomic mass is 10.2. The highest BCUT2D eigenvalue weighted by molar-refractivity contribution is 9.10. The third-order valence-electron chi connectivity index (χ3n) is 3.96. The van der Waals surface area contributed by atoms with Crippen molar-refractivity contribution in [3.63, 3.8) is 0 Å². The summed E-state index contributed by atoms with van der Waals surface area (Å²) in [6.45, 7) is 1.91. The molecule has 0 unspecified atom stereocenters. The zero-order valence-corrected chi connectivity index (χ0v) is 15.5. The van der Waals surface area contributed by atoms with E-state index in [1.165, 1.54) is 0 Å². The monoisotopic (exact) mass is 421 g/mol. The molecule has 0 aliphatic heterocycles. The Labute approximate surface area is 156 Å². The molecule has 1 saturated carbocycles. The van der Waals surface area contributed by atoms with Crippen LogP contribution in [-0.2, 0) is 0 Å². The second-order valence-corrected chi connectivity index (χ2v) is 7.07. The number of aromatic nitrogens is 4. The van der Waals surface area contributed by atoms with Gasteiger partial charge in [-0.3, -0.25) is 10.00 Å². The van der Waals surface area contributed by atoms with Crippen molar-refractivity contribution in [1.29, 1.82) is 0 Å². The molecule has 0 atom stereocenters. The Hall–Kier alpha value is -2.19. The van der Waals surface area contributed by atoms with Crippen molar-refractivity contribution in [3.8, 4) is 6.01 Å². The molecule has 1 aromatic carbocycles. The van der Waals surface area contributed by atoms with E-state index in [0.717, 1.165) is 23.9 Å². The molecule has 7 nitrogen and oxygen atoms in total. The van der Waals surface area contributed by atoms with Crippen LogP contribution in [0.1, 0.15) is 24.6 Å². The van der Waals surface area contributed by atoms with Gasteiger partial charge in [0.2, 0.25) is 0 Å². The van der Waals surface area contributed by atoms with E-state index in [0.29, 0.717) is 26.7 Å². The minimum Gasteiger partial charge on any atom is -0.374 e. The van der Waals surface area contributed by atoms with Gasteiger partial charge in [0, 0.05) is 16.1 Å². The number of ether oxygens (including phenoxy) is 1. The van der Waals surface area contributed by atoms with Crippen LogP contribution in [0.3, 0.4) is 0 Å². The highest BCUT2D eigenvalue weighted by atomic mass is 79.9. The molecule has 1 N–H and O–H groups in total. The van der Waals surface area contributed by atoms with Gasteiger partial charge in [0.1, 0.15) is 0 Å². The van der Waals surface area contributed by atoms with Gasteiger partial charge in [0.25, 0.3) is 0 Å². The van der Waals surface area contributed by atoms with Crippen LogP contribution < -0.4 is 10.1 Å². The van der Waals surface area contributed by atoms with Crippen molar-refractivity contribution in [2.75, 3.05) is 5.32 Å². The summed E-state index contributed by atoms with van der Waals surface area (Å²) in [5.41, 5.74) is 2.14. The molecule has 0 spiro atoms. The van der Waals surface area contributed by atoms with Gasteiger partial charge in [-0.2, -0.15) is 10.1 Å². The number of fused-ring (bicyclic) bond motifs is 1. The lowest BCUT2D eigenvalue weighted by Crippen LogP contribution is -2.18. The first-order valence-electron chi connectivity index (χ1n) is 7.66. The molecule has 128 valence electrons. The zero-order valence-electron chi connectivity index (χ0n) is 13.2. The second-order valence-electron chi connectivity index (χ2n) is 5.81. The van der Waals surface area contributed by atoms with Gasteiger partial charge < -0.3 is 4.74 Å². The molecule has 2 heterocycles. The number of halogens is 2. The Bertz CT molecular complexity index is 986. The summed E-state index contributed by atoms with van der Waals surface area (Å²) < 4.78 is 7.81. The van der Waals surface area contributed by atoms with Crippen LogP contribution in [0.15, 0.2) is 29.0 Å². The maximum absolute atomic E-state index is 12.1. The molecule has 25 heavy (non-hydrogen) atoms. The SMILES string of the molecule is Cc1c(NC(=O)Oc2ncc3cc(Cl)c(Br)cc3n2)cnn1C1CC1. The van der Waals surface area contributed by atoms with Crippen molar-refractivity contribution in [3.05, 3.63) is 39.7 Å². The van der Waals surface area contributed by atoms with Crippen molar-refractivity contribution in [2.24, 2.45) is 0 Å². The number of amides is 1. The Morgan fingerprint density at radius 3 is 2.96 bits per heavy atom. The fourth-order valence-corrected chi connectivity index (χ4v) is 3.01. The molecule has 0 saturated heterocycles. The van der Waals surface area contributed by atoms with Gasteiger partial charge in [-0.15, -0.1) is 0 Å². The summed E-state index contributed by atoms with van der Waals surface area (Å²) in [6, 6.07) is 3.89. The van der Waals surface area contributed by atoms with Gasteiger partial charge >= 0.3 is 12.1 Å². The largest absolute Gasteiger partial charge is 0.419 e. The first-order chi connectivity index (χ1) is 12.0. The molecule has 0 bridgehead atoms. The predicted octanol–water partition coefficient (Wildman–Crippen LogP) is 4.50. The predicted molar refractivity (Wildman–Crippen MR) is 97.1 cm³/mol. The highest BCUT2D eigenvalue weighted by Crippen LogP contribution is 2.36. The van der Waals surface area contributed by atoms with Crippen molar-refractivity contribution in [1.82, 2.24) is 19.7 Å². The normalized spacial score (nSPS) is 13.9. The number of anilines is 1. The van der Waals surface area contributed by atoms with E-state index in [9.17, 15) is 4.79 Å². The number of nitrogens with zero attached hydrogens (tertiary/aromatic N) is 4. The van der Waals surface area contributed by atoms with E-state index in [1.54, 1.807) is 24.5 Å². The first-order valence-corrected chi connectivity index (χ1v) is 8.83. The fraction of sp³-hybridized carbons (Fsp3) is 0.250. The second kappa shape index (κ2) is 6.27. The van der Waals surface area contributed by atoms with Gasteiger partial charge in [0.05, 0.1) is 34.2 Å². The number of hydrogen-bond donors (Lipinski definition) is 1. The third-order valence-corrected chi connectivity index (χ3v) is 5.15. The average molecular weight is 423 g/mol. The Balaban J connectivity index is 1.50. The van der Waals surface area contributed by atoms with Gasteiger partial charge in [-0.05, 0) is 47.8 Å². The number of carbonyl (C=O) groups is 1. The lowest BCUT2D eigenvalue weighted by molar-refractivity contribution is 0.211. The average Bonchev–Trinajstić information content (AvgIpc) is 3.34. The van der Waals surface area contributed by atoms with Crippen LogP contribution in [0.25, 0.3) is 10.9 Å². The van der Waals surface area contributed by atoms with Gasteiger partial charge in [-0.1, -0.05) is 11.6 Å². The maximum atomic E-state index is 12.1. The van der Waals surface area contributed by atoms with Crippen LogP contribution in [0.4, 0.5) is 10.5 Å². The topological polar surface area (TPSA) is 81.9 Å². The number of rotatable bonds is 3. The van der Waals surface area contributed by atoms with Crippen LogP contribution in [0.5, 0.6) is 6.01 Å². The summed E-state index contributed by atoms with van der Waals surface area (Å²) in [7, 11) is 0. The van der Waals surface area contributed by atoms with Crippen molar-refractivity contribution < 1.29 is 9.53 Å². The van der Waals surface area contributed by atoms with E-state index in [4.69, 9.17) is 16.3 Å². The molecular weight excluding hydrogens is 410 g/mol. The molecule has 1 fully saturated rings. The number of carbonyl (C=O) groups excluding carboxylic acids is 1. The Morgan fingerprint density at radius 2 is 2.20 bits per heavy atom. The van der Waals surface area contributed by atoms with E-state index < -0.39 is 6.09 Å². The number of nitrogens with one attached hydrogen (secondary N) is 1. The zero-order chi connectivity index (χ0) is 17.6. The third kappa shape index (κ3) is 3.32. The summed E-state index contributed by atoms with van der Waals surface area (Å²) in [4.78, 5) is 20.4. The molecule has 0 radical (unpaired) electrons. The number of hydrogen-bond acceptors (Lipinski definition) is 5. The Morgan fingerprint density at radius 1 is 1.40 bits per heavy atom. The van der Waals surface area contributed by atoms with Crippen LogP contribution in [0, 0.1) is 6.92 Å². The van der Waals surface area contributed by atoms with Crippen molar-refractivity contribution in [2.45, 2.75) is 25.8 Å². The molecule has 1 aliphatic rings. The molecule has 4 rings (SSSR count). The molecule has 1 aliphatic carbocycles.